The van der Waals surface area contributed by atoms with Crippen molar-refractivity contribution in [3.63, 3.8) is 0 Å². The third kappa shape index (κ3) is 5.11. The topological polar surface area (TPSA) is 50.3 Å². The molecule has 1 aromatic carbocycles. The zero-order valence-electron chi connectivity index (χ0n) is 17.1. The first kappa shape index (κ1) is 20.2. The van der Waals surface area contributed by atoms with Crippen LogP contribution in [0.4, 0.5) is 10.2 Å². The molecule has 2 atom stereocenters. The summed E-state index contributed by atoms with van der Waals surface area (Å²) >= 11 is 0. The van der Waals surface area contributed by atoms with Crippen molar-refractivity contribution in [2.24, 2.45) is 5.92 Å². The van der Waals surface area contributed by atoms with E-state index in [-0.39, 0.29) is 5.82 Å². The molecule has 2 aliphatic rings. The van der Waals surface area contributed by atoms with Crippen molar-refractivity contribution in [1.29, 1.82) is 0 Å². The number of anilines is 1. The first-order chi connectivity index (χ1) is 14.2. The van der Waals surface area contributed by atoms with Gasteiger partial charge in [0.15, 0.2) is 5.82 Å². The number of halogens is 1. The van der Waals surface area contributed by atoms with Crippen LogP contribution in [0.5, 0.6) is 0 Å². The van der Waals surface area contributed by atoms with E-state index in [1.165, 1.54) is 6.07 Å². The van der Waals surface area contributed by atoms with E-state index in [1.54, 1.807) is 12.3 Å². The number of hydrogen-bond donors (Lipinski definition) is 1. The smallest absolute Gasteiger partial charge is 0.151 e. The molecule has 0 spiro atoms. The quantitative estimate of drug-likeness (QED) is 0.803. The van der Waals surface area contributed by atoms with Gasteiger partial charge in [-0.05, 0) is 74.9 Å². The highest BCUT2D eigenvalue weighted by Crippen LogP contribution is 2.34. The zero-order valence-corrected chi connectivity index (χ0v) is 17.1. The minimum Gasteiger partial charge on any atom is -0.378 e. The van der Waals surface area contributed by atoms with Crippen LogP contribution in [0.15, 0.2) is 42.6 Å². The Labute approximate surface area is 172 Å². The molecule has 2 fully saturated rings. The molecule has 1 N–H and O–H groups in total. The number of hydrogen-bond acceptors (Lipinski definition) is 5. The van der Waals surface area contributed by atoms with E-state index in [1.807, 2.05) is 25.2 Å². The Bertz CT molecular complexity index is 766. The largest absolute Gasteiger partial charge is 0.378 e. The van der Waals surface area contributed by atoms with Crippen molar-refractivity contribution in [2.45, 2.75) is 50.2 Å². The van der Waals surface area contributed by atoms with Gasteiger partial charge in [-0.1, -0.05) is 12.1 Å². The number of ether oxygens (including phenoxy) is 1. The van der Waals surface area contributed by atoms with Crippen LogP contribution < -0.4 is 10.2 Å². The Balaban J connectivity index is 1.28. The molecule has 1 aromatic heterocycles. The van der Waals surface area contributed by atoms with Crippen LogP contribution in [0.2, 0.25) is 0 Å². The molecule has 0 bridgehead atoms. The van der Waals surface area contributed by atoms with Crippen LogP contribution >= 0.6 is 0 Å². The lowest BCUT2D eigenvalue weighted by Gasteiger charge is -2.39. The summed E-state index contributed by atoms with van der Waals surface area (Å²) in [7, 11) is 2.04. The van der Waals surface area contributed by atoms with Gasteiger partial charge in [-0.3, -0.25) is 0 Å². The van der Waals surface area contributed by atoms with Crippen LogP contribution in [0.1, 0.15) is 43.6 Å². The predicted molar refractivity (Wildman–Crippen MR) is 113 cm³/mol. The lowest BCUT2D eigenvalue weighted by Crippen LogP contribution is -2.50. The Kier molecular flexibility index (Phi) is 6.72. The Hall–Kier alpha value is -2.05. The maximum Gasteiger partial charge on any atom is 0.151 e. The molecule has 1 saturated carbocycles. The summed E-state index contributed by atoms with van der Waals surface area (Å²) in [4.78, 5) is 2.32. The van der Waals surface area contributed by atoms with Crippen molar-refractivity contribution in [1.82, 2.24) is 15.5 Å². The number of aromatic nitrogens is 2. The standard InChI is InChI=1S/C23H31FN4O/c1-25-22-11-13-28(23-6-3-12-26-27-23)15-19(22)16-29-21-9-7-17(8-10-21)18-4-2-5-20(24)14-18/h2-6,12,14,17,19,21-22,25H,7-11,13,15-16H2,1H3/t17?,19-,21?,22-/m0/s1. The average molecular weight is 399 g/mol. The minimum absolute atomic E-state index is 0.135. The second-order valence-electron chi connectivity index (χ2n) is 8.33. The predicted octanol–water partition coefficient (Wildman–Crippen LogP) is 3.77. The van der Waals surface area contributed by atoms with Gasteiger partial charge in [0.1, 0.15) is 5.82 Å². The van der Waals surface area contributed by atoms with Gasteiger partial charge in [0.05, 0.1) is 12.7 Å². The van der Waals surface area contributed by atoms with Crippen LogP contribution in [-0.2, 0) is 4.74 Å². The SMILES string of the molecule is CN[C@H]1CCN(c2cccnn2)C[C@H]1COC1CCC(c2cccc(F)c2)CC1. The van der Waals surface area contributed by atoms with Gasteiger partial charge >= 0.3 is 0 Å². The summed E-state index contributed by atoms with van der Waals surface area (Å²) in [6, 6.07) is 11.5. The summed E-state index contributed by atoms with van der Waals surface area (Å²) < 4.78 is 19.9. The number of rotatable bonds is 6. The fourth-order valence-corrected chi connectivity index (χ4v) is 4.83. The van der Waals surface area contributed by atoms with E-state index < -0.39 is 0 Å². The van der Waals surface area contributed by atoms with Crippen LogP contribution in [0.3, 0.4) is 0 Å². The molecule has 0 radical (unpaired) electrons. The molecule has 1 saturated heterocycles. The first-order valence-electron chi connectivity index (χ1n) is 10.8. The van der Waals surface area contributed by atoms with Gasteiger partial charge in [-0.2, -0.15) is 5.10 Å². The van der Waals surface area contributed by atoms with Gasteiger partial charge in [0, 0.05) is 31.2 Å². The molecular weight excluding hydrogens is 367 g/mol. The Morgan fingerprint density at radius 3 is 2.72 bits per heavy atom. The lowest BCUT2D eigenvalue weighted by atomic mass is 9.82. The molecule has 5 nitrogen and oxygen atoms in total. The second-order valence-corrected chi connectivity index (χ2v) is 8.33. The molecule has 29 heavy (non-hydrogen) atoms. The molecule has 1 aliphatic heterocycles. The third-order valence-corrected chi connectivity index (χ3v) is 6.53. The third-order valence-electron chi connectivity index (χ3n) is 6.53. The summed E-state index contributed by atoms with van der Waals surface area (Å²) in [6.07, 6.45) is 7.33. The van der Waals surface area contributed by atoms with Crippen molar-refractivity contribution in [3.8, 4) is 0 Å². The van der Waals surface area contributed by atoms with Gasteiger partial charge in [0.25, 0.3) is 0 Å². The monoisotopic (exact) mass is 398 g/mol. The average Bonchev–Trinajstić information content (AvgIpc) is 2.78. The lowest BCUT2D eigenvalue weighted by molar-refractivity contribution is -0.00327. The van der Waals surface area contributed by atoms with Gasteiger partial charge in [-0.15, -0.1) is 5.10 Å². The number of nitrogens with one attached hydrogen (secondary N) is 1. The molecule has 2 heterocycles. The van der Waals surface area contributed by atoms with E-state index in [0.717, 1.165) is 63.2 Å². The van der Waals surface area contributed by atoms with Crippen molar-refractivity contribution < 1.29 is 9.13 Å². The molecule has 2 aromatic rings. The van der Waals surface area contributed by atoms with Crippen molar-refractivity contribution in [3.05, 3.63) is 54.0 Å². The molecule has 1 aliphatic carbocycles. The van der Waals surface area contributed by atoms with E-state index in [4.69, 9.17) is 4.74 Å². The zero-order chi connectivity index (χ0) is 20.1. The molecular formula is C23H31FN4O. The summed E-state index contributed by atoms with van der Waals surface area (Å²) in [5, 5.41) is 11.8. The van der Waals surface area contributed by atoms with Crippen LogP contribution in [0, 0.1) is 11.7 Å². The molecule has 0 unspecified atom stereocenters. The number of benzene rings is 1. The minimum atomic E-state index is -0.135. The number of piperidine rings is 1. The Morgan fingerprint density at radius 2 is 2.00 bits per heavy atom. The van der Waals surface area contributed by atoms with E-state index in [9.17, 15) is 4.39 Å². The normalized spacial score (nSPS) is 27.7. The fraction of sp³-hybridized carbons (Fsp3) is 0.565. The highest BCUT2D eigenvalue weighted by atomic mass is 19.1. The Morgan fingerprint density at radius 1 is 1.14 bits per heavy atom. The highest BCUT2D eigenvalue weighted by molar-refractivity contribution is 5.37. The van der Waals surface area contributed by atoms with Crippen LogP contribution in [-0.4, -0.2) is 49.1 Å². The first-order valence-corrected chi connectivity index (χ1v) is 10.8. The maximum atomic E-state index is 13.5. The molecule has 4 rings (SSSR count). The fourth-order valence-electron chi connectivity index (χ4n) is 4.83. The molecule has 0 amide bonds. The summed E-state index contributed by atoms with van der Waals surface area (Å²) in [5.41, 5.74) is 1.13. The van der Waals surface area contributed by atoms with Gasteiger partial charge in [-0.25, -0.2) is 4.39 Å². The van der Waals surface area contributed by atoms with Gasteiger partial charge in [0.2, 0.25) is 0 Å². The van der Waals surface area contributed by atoms with E-state index in [0.29, 0.717) is 24.0 Å². The highest BCUT2D eigenvalue weighted by Gasteiger charge is 2.31. The molecule has 6 heteroatoms. The van der Waals surface area contributed by atoms with Crippen molar-refractivity contribution >= 4 is 5.82 Å². The van der Waals surface area contributed by atoms with E-state index >= 15 is 0 Å². The summed E-state index contributed by atoms with van der Waals surface area (Å²) in [5.74, 6) is 1.70. The molecule has 156 valence electrons. The maximum absolute atomic E-state index is 13.5. The van der Waals surface area contributed by atoms with Crippen molar-refractivity contribution in [2.75, 3.05) is 31.6 Å². The summed E-state index contributed by atoms with van der Waals surface area (Å²) in [6.45, 7) is 2.68. The van der Waals surface area contributed by atoms with E-state index in [2.05, 4.69) is 26.5 Å². The van der Waals surface area contributed by atoms with Crippen LogP contribution in [0.25, 0.3) is 0 Å². The van der Waals surface area contributed by atoms with Gasteiger partial charge < -0.3 is 15.0 Å². The number of nitrogens with zero attached hydrogens (tertiary/aromatic N) is 3. The second kappa shape index (κ2) is 9.63.